The number of hydrogen-bond acceptors (Lipinski definition) is 3. The van der Waals surface area contributed by atoms with Crippen molar-refractivity contribution in [3.05, 3.63) is 65.6 Å². The number of aliphatic hydroxyl groups excluding tert-OH is 1. The van der Waals surface area contributed by atoms with E-state index in [0.717, 1.165) is 11.3 Å². The topological polar surface area (TPSA) is 62.5 Å². The molecule has 0 radical (unpaired) electrons. The van der Waals surface area contributed by atoms with Crippen molar-refractivity contribution in [3.8, 4) is 0 Å². The van der Waals surface area contributed by atoms with Gasteiger partial charge in [-0.05, 0) is 37.1 Å². The lowest BCUT2D eigenvalue weighted by molar-refractivity contribution is -0.117. The lowest BCUT2D eigenvalue weighted by Gasteiger charge is -2.15. The molecule has 0 spiro atoms. The van der Waals surface area contributed by atoms with Crippen molar-refractivity contribution in [2.45, 2.75) is 19.4 Å². The molecule has 0 aliphatic carbocycles. The number of carbonyl (C=O) groups is 1. The number of carbonyl (C=O) groups excluding carboxylic acids is 1. The summed E-state index contributed by atoms with van der Waals surface area (Å²) in [5.74, 6) is 1.18. The number of aliphatic hydroxyl groups is 1. The summed E-state index contributed by atoms with van der Waals surface area (Å²) in [6.07, 6.45) is 3.61. The Morgan fingerprint density at radius 3 is 2.67 bits per heavy atom. The first-order valence-electron chi connectivity index (χ1n) is 6.87. The van der Waals surface area contributed by atoms with Gasteiger partial charge in [-0.25, -0.2) is 0 Å². The second kappa shape index (κ2) is 7.45. The van der Waals surface area contributed by atoms with Crippen molar-refractivity contribution in [3.63, 3.8) is 0 Å². The minimum Gasteiger partial charge on any atom is -0.462 e. The van der Waals surface area contributed by atoms with E-state index in [4.69, 9.17) is 4.42 Å². The molecular weight excluding hydrogens is 266 g/mol. The molecule has 2 aromatic rings. The maximum absolute atomic E-state index is 11.8. The van der Waals surface area contributed by atoms with Crippen molar-refractivity contribution >= 4 is 12.0 Å². The highest BCUT2D eigenvalue weighted by atomic mass is 16.3. The third kappa shape index (κ3) is 4.93. The van der Waals surface area contributed by atoms with Gasteiger partial charge in [-0.15, -0.1) is 0 Å². The van der Waals surface area contributed by atoms with Crippen LogP contribution in [0.25, 0.3) is 6.08 Å². The first kappa shape index (κ1) is 15.1. The maximum atomic E-state index is 11.8. The summed E-state index contributed by atoms with van der Waals surface area (Å²) >= 11 is 0. The number of nitrogens with one attached hydrogen (secondary N) is 1. The summed E-state index contributed by atoms with van der Waals surface area (Å²) in [6.45, 7) is 1.74. The van der Waals surface area contributed by atoms with Gasteiger partial charge in [0.1, 0.15) is 11.5 Å². The highest BCUT2D eigenvalue weighted by Crippen LogP contribution is 2.08. The normalized spacial score (nSPS) is 12.5. The molecule has 4 nitrogen and oxygen atoms in total. The second-order valence-electron chi connectivity index (χ2n) is 4.86. The van der Waals surface area contributed by atoms with E-state index < -0.39 is 0 Å². The predicted molar refractivity (Wildman–Crippen MR) is 81.6 cm³/mol. The van der Waals surface area contributed by atoms with Gasteiger partial charge in [0.2, 0.25) is 5.91 Å². The van der Waals surface area contributed by atoms with E-state index in [2.05, 4.69) is 5.32 Å². The van der Waals surface area contributed by atoms with Gasteiger partial charge in [-0.2, -0.15) is 0 Å². The highest BCUT2D eigenvalue weighted by molar-refractivity contribution is 5.91. The summed E-state index contributed by atoms with van der Waals surface area (Å²) in [5, 5.41) is 12.1. The van der Waals surface area contributed by atoms with E-state index in [0.29, 0.717) is 12.2 Å². The van der Waals surface area contributed by atoms with Crippen molar-refractivity contribution in [1.82, 2.24) is 5.32 Å². The number of hydrogen-bond donors (Lipinski definition) is 2. The fourth-order valence-corrected chi connectivity index (χ4v) is 2.01. The Kier molecular flexibility index (Phi) is 5.35. The number of furan rings is 1. The average molecular weight is 285 g/mol. The number of rotatable bonds is 6. The van der Waals surface area contributed by atoms with Gasteiger partial charge < -0.3 is 14.8 Å². The number of amides is 1. The first-order chi connectivity index (χ1) is 10.2. The Morgan fingerprint density at radius 1 is 1.29 bits per heavy atom. The second-order valence-corrected chi connectivity index (χ2v) is 4.86. The Labute approximate surface area is 124 Å². The Bertz CT molecular complexity index is 602. The molecule has 1 atom stereocenters. The van der Waals surface area contributed by atoms with E-state index in [1.165, 1.54) is 6.08 Å². The van der Waals surface area contributed by atoms with Crippen molar-refractivity contribution in [2.24, 2.45) is 0 Å². The molecule has 0 aliphatic heterocycles. The van der Waals surface area contributed by atoms with Crippen LogP contribution in [-0.2, 0) is 11.2 Å². The fraction of sp³-hybridized carbons (Fsp3) is 0.235. The molecule has 2 rings (SSSR count). The monoisotopic (exact) mass is 285 g/mol. The molecule has 21 heavy (non-hydrogen) atoms. The highest BCUT2D eigenvalue weighted by Gasteiger charge is 2.10. The van der Waals surface area contributed by atoms with E-state index in [9.17, 15) is 9.90 Å². The molecule has 1 aromatic heterocycles. The van der Waals surface area contributed by atoms with Gasteiger partial charge in [0.25, 0.3) is 0 Å². The molecule has 1 aromatic carbocycles. The van der Waals surface area contributed by atoms with Crippen LogP contribution >= 0.6 is 0 Å². The van der Waals surface area contributed by atoms with Crippen LogP contribution in [0.2, 0.25) is 0 Å². The molecule has 4 heteroatoms. The van der Waals surface area contributed by atoms with Gasteiger partial charge in [0.15, 0.2) is 0 Å². The number of benzene rings is 1. The third-order valence-corrected chi connectivity index (χ3v) is 3.05. The minimum absolute atomic E-state index is 0.103. The van der Waals surface area contributed by atoms with Gasteiger partial charge in [0.05, 0.1) is 12.6 Å². The smallest absolute Gasteiger partial charge is 0.244 e. The van der Waals surface area contributed by atoms with E-state index in [1.54, 1.807) is 12.1 Å². The Morgan fingerprint density at radius 2 is 2.05 bits per heavy atom. The zero-order valence-electron chi connectivity index (χ0n) is 12.0. The molecule has 0 fully saturated rings. The summed E-state index contributed by atoms with van der Waals surface area (Å²) in [4.78, 5) is 11.8. The predicted octanol–water partition coefficient (Wildman–Crippen LogP) is 2.32. The van der Waals surface area contributed by atoms with Gasteiger partial charge in [0, 0.05) is 6.08 Å². The summed E-state index contributed by atoms with van der Waals surface area (Å²) < 4.78 is 5.34. The molecule has 0 aliphatic rings. The SMILES string of the molecule is Cc1ccc(/C=C/C(=O)NC(CO)Cc2ccccc2)o1. The average Bonchev–Trinajstić information content (AvgIpc) is 2.91. The zero-order valence-corrected chi connectivity index (χ0v) is 12.0. The molecule has 1 unspecified atom stereocenters. The molecule has 0 saturated carbocycles. The summed E-state index contributed by atoms with van der Waals surface area (Å²) in [6, 6.07) is 13.1. The van der Waals surface area contributed by atoms with Gasteiger partial charge in [-0.3, -0.25) is 4.79 Å². The number of aryl methyl sites for hydroxylation is 1. The van der Waals surface area contributed by atoms with Gasteiger partial charge >= 0.3 is 0 Å². The van der Waals surface area contributed by atoms with Crippen molar-refractivity contribution in [1.29, 1.82) is 0 Å². The van der Waals surface area contributed by atoms with Crippen LogP contribution in [0.5, 0.6) is 0 Å². The lowest BCUT2D eigenvalue weighted by Crippen LogP contribution is -2.38. The molecule has 1 heterocycles. The molecule has 0 saturated heterocycles. The summed E-state index contributed by atoms with van der Waals surface area (Å²) in [5.41, 5.74) is 1.07. The van der Waals surface area contributed by atoms with Crippen LogP contribution in [-0.4, -0.2) is 23.7 Å². The largest absolute Gasteiger partial charge is 0.462 e. The van der Waals surface area contributed by atoms with Crippen molar-refractivity contribution < 1.29 is 14.3 Å². The lowest BCUT2D eigenvalue weighted by atomic mass is 10.1. The van der Waals surface area contributed by atoms with Crippen molar-refractivity contribution in [2.75, 3.05) is 6.61 Å². The molecule has 2 N–H and O–H groups in total. The molecule has 0 bridgehead atoms. The van der Waals surface area contributed by atoms with Crippen LogP contribution in [0.3, 0.4) is 0 Å². The Balaban J connectivity index is 1.89. The van der Waals surface area contributed by atoms with E-state index in [1.807, 2.05) is 43.3 Å². The van der Waals surface area contributed by atoms with Gasteiger partial charge in [-0.1, -0.05) is 30.3 Å². The minimum atomic E-state index is -0.303. The first-order valence-corrected chi connectivity index (χ1v) is 6.87. The van der Waals surface area contributed by atoms with Crippen LogP contribution in [0.15, 0.2) is 53.0 Å². The van der Waals surface area contributed by atoms with Crippen LogP contribution in [0, 0.1) is 6.92 Å². The van der Waals surface area contributed by atoms with E-state index >= 15 is 0 Å². The zero-order chi connectivity index (χ0) is 15.1. The quantitative estimate of drug-likeness (QED) is 0.801. The molecule has 110 valence electrons. The standard InChI is InChI=1S/C17H19NO3/c1-13-7-8-16(21-13)9-10-17(20)18-15(12-19)11-14-5-3-2-4-6-14/h2-10,15,19H,11-12H2,1H3,(H,18,20)/b10-9+. The van der Waals surface area contributed by atoms with Crippen LogP contribution in [0.4, 0.5) is 0 Å². The van der Waals surface area contributed by atoms with Crippen LogP contribution < -0.4 is 5.32 Å². The fourth-order valence-electron chi connectivity index (χ4n) is 2.01. The molecular formula is C17H19NO3. The maximum Gasteiger partial charge on any atom is 0.244 e. The summed E-state index contributed by atoms with van der Waals surface area (Å²) in [7, 11) is 0. The van der Waals surface area contributed by atoms with Crippen LogP contribution in [0.1, 0.15) is 17.1 Å². The Hall–Kier alpha value is -2.33. The third-order valence-electron chi connectivity index (χ3n) is 3.05. The van der Waals surface area contributed by atoms with E-state index in [-0.39, 0.29) is 18.6 Å². The molecule has 1 amide bonds.